The van der Waals surface area contributed by atoms with Gasteiger partial charge >= 0.3 is 0 Å². The molecule has 3 N–H and O–H groups in total. The number of phenols is 1. The van der Waals surface area contributed by atoms with Gasteiger partial charge in [-0.15, -0.1) is 0 Å². The van der Waals surface area contributed by atoms with Gasteiger partial charge in [-0.25, -0.2) is 4.98 Å². The van der Waals surface area contributed by atoms with Gasteiger partial charge in [0.05, 0.1) is 22.8 Å². The van der Waals surface area contributed by atoms with Gasteiger partial charge in [-0.2, -0.15) is 5.10 Å². The lowest BCUT2D eigenvalue weighted by Gasteiger charge is -2.33. The van der Waals surface area contributed by atoms with Crippen LogP contribution in [-0.2, 0) is 6.54 Å². The lowest BCUT2D eigenvalue weighted by molar-refractivity contribution is 0.0902. The number of piperidine rings is 1. The predicted molar refractivity (Wildman–Crippen MR) is 123 cm³/mol. The fourth-order valence-electron chi connectivity index (χ4n) is 4.32. The van der Waals surface area contributed by atoms with E-state index < -0.39 is 0 Å². The fourth-order valence-corrected chi connectivity index (χ4v) is 4.32. The summed E-state index contributed by atoms with van der Waals surface area (Å²) in [6, 6.07) is 19.1. The summed E-state index contributed by atoms with van der Waals surface area (Å²) in [6.07, 6.45) is 3.65. The standard InChI is InChI=1S/C25H25N5O2/c31-20-10-8-18(9-11-20)23-13-21(22-14-26-29-24(22)28-23)25(32)27-19-7-4-12-30(16-19)15-17-5-2-1-3-6-17/h1-3,5-6,8-11,13-14,19,31H,4,7,12,15-16H2,(H,27,32)(H,26,28,29). The quantitative estimate of drug-likeness (QED) is 0.451. The summed E-state index contributed by atoms with van der Waals surface area (Å²) in [7, 11) is 0. The van der Waals surface area contributed by atoms with E-state index in [1.165, 1.54) is 5.56 Å². The van der Waals surface area contributed by atoms with Crippen molar-refractivity contribution in [3.63, 3.8) is 0 Å². The van der Waals surface area contributed by atoms with Gasteiger partial charge in [0.25, 0.3) is 5.91 Å². The topological polar surface area (TPSA) is 94.1 Å². The fraction of sp³-hybridized carbons (Fsp3) is 0.240. The van der Waals surface area contributed by atoms with E-state index in [4.69, 9.17) is 0 Å². The predicted octanol–water partition coefficient (Wildman–Crippen LogP) is 3.72. The molecular formula is C25H25N5O2. The molecular weight excluding hydrogens is 402 g/mol. The molecule has 7 heteroatoms. The molecule has 0 aliphatic carbocycles. The largest absolute Gasteiger partial charge is 0.508 e. The summed E-state index contributed by atoms with van der Waals surface area (Å²) < 4.78 is 0. The van der Waals surface area contributed by atoms with Gasteiger partial charge in [0.15, 0.2) is 5.65 Å². The maximum atomic E-state index is 13.3. The van der Waals surface area contributed by atoms with Gasteiger partial charge in [0.2, 0.25) is 0 Å². The van der Waals surface area contributed by atoms with Gasteiger partial charge in [-0.1, -0.05) is 30.3 Å². The van der Waals surface area contributed by atoms with Crippen LogP contribution in [-0.4, -0.2) is 50.2 Å². The third kappa shape index (κ3) is 4.33. The number of nitrogens with zero attached hydrogens (tertiary/aromatic N) is 3. The van der Waals surface area contributed by atoms with Crippen molar-refractivity contribution in [3.8, 4) is 17.0 Å². The van der Waals surface area contributed by atoms with Crippen molar-refractivity contribution in [2.75, 3.05) is 13.1 Å². The molecule has 2 aromatic carbocycles. The molecule has 0 radical (unpaired) electrons. The number of aromatic nitrogens is 3. The molecule has 1 unspecified atom stereocenters. The number of pyridine rings is 1. The smallest absolute Gasteiger partial charge is 0.252 e. The van der Waals surface area contributed by atoms with Crippen LogP contribution < -0.4 is 5.32 Å². The van der Waals surface area contributed by atoms with Crippen LogP contribution in [0.4, 0.5) is 0 Å². The number of fused-ring (bicyclic) bond motifs is 1. The van der Waals surface area contributed by atoms with E-state index in [1.807, 2.05) is 6.07 Å². The van der Waals surface area contributed by atoms with Crippen molar-refractivity contribution in [3.05, 3.63) is 78.0 Å². The highest BCUT2D eigenvalue weighted by Gasteiger charge is 2.23. The normalized spacial score (nSPS) is 16.8. The van der Waals surface area contributed by atoms with Gasteiger partial charge in [0, 0.05) is 24.7 Å². The first-order valence-electron chi connectivity index (χ1n) is 10.9. The van der Waals surface area contributed by atoms with Crippen LogP contribution in [0.5, 0.6) is 5.75 Å². The average molecular weight is 428 g/mol. The number of nitrogens with one attached hydrogen (secondary N) is 2. The molecule has 1 aliphatic rings. The highest BCUT2D eigenvalue weighted by molar-refractivity contribution is 6.06. The lowest BCUT2D eigenvalue weighted by atomic mass is 10.0. The number of aromatic hydroxyl groups is 1. The number of hydrogen-bond acceptors (Lipinski definition) is 5. The number of hydrogen-bond donors (Lipinski definition) is 3. The highest BCUT2D eigenvalue weighted by Crippen LogP contribution is 2.25. The van der Waals surface area contributed by atoms with E-state index in [9.17, 15) is 9.90 Å². The molecule has 2 aromatic heterocycles. The van der Waals surface area contributed by atoms with Crippen LogP contribution in [0.2, 0.25) is 0 Å². The third-order valence-corrected chi connectivity index (χ3v) is 5.92. The second-order valence-corrected chi connectivity index (χ2v) is 8.27. The lowest BCUT2D eigenvalue weighted by Crippen LogP contribution is -2.47. The van der Waals surface area contributed by atoms with Crippen molar-refractivity contribution in [1.82, 2.24) is 25.4 Å². The Labute approximate surface area is 186 Å². The maximum absolute atomic E-state index is 13.3. The van der Waals surface area contributed by atoms with E-state index in [-0.39, 0.29) is 17.7 Å². The van der Waals surface area contributed by atoms with Gasteiger partial charge in [-0.05, 0) is 55.3 Å². The molecule has 1 saturated heterocycles. The Morgan fingerprint density at radius 2 is 1.97 bits per heavy atom. The maximum Gasteiger partial charge on any atom is 0.252 e. The molecule has 5 rings (SSSR count). The monoisotopic (exact) mass is 427 g/mol. The van der Waals surface area contributed by atoms with E-state index in [2.05, 4.69) is 49.7 Å². The molecule has 7 nitrogen and oxygen atoms in total. The summed E-state index contributed by atoms with van der Waals surface area (Å²) in [5.41, 5.74) is 3.87. The molecule has 32 heavy (non-hydrogen) atoms. The Hall–Kier alpha value is -3.71. The van der Waals surface area contributed by atoms with Gasteiger partial charge in [0.1, 0.15) is 5.75 Å². The van der Waals surface area contributed by atoms with E-state index >= 15 is 0 Å². The van der Waals surface area contributed by atoms with Crippen molar-refractivity contribution in [1.29, 1.82) is 0 Å². The van der Waals surface area contributed by atoms with Crippen molar-refractivity contribution in [2.24, 2.45) is 0 Å². The Morgan fingerprint density at radius 1 is 1.16 bits per heavy atom. The van der Waals surface area contributed by atoms with E-state index in [0.717, 1.165) is 38.0 Å². The molecule has 1 atom stereocenters. The number of carbonyl (C=O) groups is 1. The first-order chi connectivity index (χ1) is 15.7. The molecule has 1 fully saturated rings. The molecule has 162 valence electrons. The van der Waals surface area contributed by atoms with Crippen molar-refractivity contribution >= 4 is 16.9 Å². The van der Waals surface area contributed by atoms with Crippen molar-refractivity contribution in [2.45, 2.75) is 25.4 Å². The first kappa shape index (κ1) is 20.2. The summed E-state index contributed by atoms with van der Waals surface area (Å²) >= 11 is 0. The van der Waals surface area contributed by atoms with Crippen LogP contribution in [0, 0.1) is 0 Å². The molecule has 1 amide bonds. The zero-order valence-electron chi connectivity index (χ0n) is 17.7. The summed E-state index contributed by atoms with van der Waals surface area (Å²) in [5, 5.41) is 20.5. The first-order valence-corrected chi connectivity index (χ1v) is 10.9. The minimum Gasteiger partial charge on any atom is -0.508 e. The number of carbonyl (C=O) groups excluding carboxylic acids is 1. The Balaban J connectivity index is 1.35. The third-order valence-electron chi connectivity index (χ3n) is 5.92. The summed E-state index contributed by atoms with van der Waals surface area (Å²) in [4.78, 5) is 20.3. The number of rotatable bonds is 5. The number of phenolic OH excluding ortho intramolecular Hbond substituents is 1. The molecule has 0 spiro atoms. The number of amides is 1. The van der Waals surface area contributed by atoms with Crippen molar-refractivity contribution < 1.29 is 9.90 Å². The minimum atomic E-state index is -0.120. The minimum absolute atomic E-state index is 0.0900. The van der Waals surface area contributed by atoms with Crippen LogP contribution in [0.3, 0.4) is 0 Å². The van der Waals surface area contributed by atoms with Gasteiger partial charge in [-0.3, -0.25) is 14.8 Å². The number of benzene rings is 2. The second-order valence-electron chi connectivity index (χ2n) is 8.27. The Kier molecular flexibility index (Phi) is 5.56. The molecule has 0 bridgehead atoms. The molecule has 0 saturated carbocycles. The van der Waals surface area contributed by atoms with E-state index in [1.54, 1.807) is 36.5 Å². The summed E-state index contributed by atoms with van der Waals surface area (Å²) in [6.45, 7) is 2.75. The van der Waals surface area contributed by atoms with Crippen LogP contribution in [0.25, 0.3) is 22.3 Å². The number of H-pyrrole nitrogens is 1. The molecule has 4 aromatic rings. The van der Waals surface area contributed by atoms with Gasteiger partial charge < -0.3 is 10.4 Å². The zero-order valence-corrected chi connectivity index (χ0v) is 17.7. The average Bonchev–Trinajstić information content (AvgIpc) is 3.28. The van der Waals surface area contributed by atoms with Crippen LogP contribution >= 0.6 is 0 Å². The van der Waals surface area contributed by atoms with E-state index in [0.29, 0.717) is 22.3 Å². The van der Waals surface area contributed by atoms with Crippen LogP contribution in [0.15, 0.2) is 66.9 Å². The molecule has 3 heterocycles. The second kappa shape index (κ2) is 8.80. The van der Waals surface area contributed by atoms with Crippen LogP contribution in [0.1, 0.15) is 28.8 Å². The SMILES string of the molecule is O=C(NC1CCCN(Cc2ccccc2)C1)c1cc(-c2ccc(O)cc2)nc2[nH]ncc12. The molecule has 1 aliphatic heterocycles. The number of aromatic amines is 1. The zero-order chi connectivity index (χ0) is 21.9. The number of likely N-dealkylation sites (tertiary alicyclic amines) is 1. The summed E-state index contributed by atoms with van der Waals surface area (Å²) in [5.74, 6) is 0.0667. The Bertz CT molecular complexity index is 1220. The highest BCUT2D eigenvalue weighted by atomic mass is 16.3. The Morgan fingerprint density at radius 3 is 2.78 bits per heavy atom.